The van der Waals surface area contributed by atoms with E-state index in [9.17, 15) is 0 Å². The van der Waals surface area contributed by atoms with Crippen molar-refractivity contribution in [2.24, 2.45) is 0 Å². The summed E-state index contributed by atoms with van der Waals surface area (Å²) in [6, 6.07) is 11.8. The Morgan fingerprint density at radius 3 is 2.43 bits per heavy atom. The monoisotopic (exact) mass is 298 g/mol. The second kappa shape index (κ2) is 5.34. The van der Waals surface area contributed by atoms with E-state index in [1.807, 2.05) is 44.2 Å². The van der Waals surface area contributed by atoms with Gasteiger partial charge in [0.05, 0.1) is 10.9 Å². The van der Waals surface area contributed by atoms with Crippen LogP contribution in [0, 0.1) is 20.8 Å². The fraction of sp³-hybridized carbons (Fsp3) is 0.176. The molecule has 1 heterocycles. The molecule has 3 rings (SSSR count). The first kappa shape index (κ1) is 13.8. The molecule has 4 heteroatoms. The van der Waals surface area contributed by atoms with Crippen molar-refractivity contribution in [3.63, 3.8) is 0 Å². The van der Waals surface area contributed by atoms with Gasteiger partial charge in [0.2, 0.25) is 11.2 Å². The van der Waals surface area contributed by atoms with Crippen molar-refractivity contribution >= 4 is 22.5 Å². The molecule has 0 N–H and O–H groups in total. The van der Waals surface area contributed by atoms with Crippen molar-refractivity contribution in [3.05, 3.63) is 58.4 Å². The molecule has 1 aromatic heterocycles. The Bertz CT molecular complexity index is 830. The molecule has 0 atom stereocenters. The Morgan fingerprint density at radius 1 is 0.905 bits per heavy atom. The molecule has 2 aromatic carbocycles. The van der Waals surface area contributed by atoms with Crippen LogP contribution in [-0.4, -0.2) is 9.97 Å². The lowest BCUT2D eigenvalue weighted by Gasteiger charge is -2.14. The van der Waals surface area contributed by atoms with Crippen molar-refractivity contribution in [1.82, 2.24) is 9.97 Å². The first-order chi connectivity index (χ1) is 10.1. The average Bonchev–Trinajstić information content (AvgIpc) is 2.47. The lowest BCUT2D eigenvalue weighted by atomic mass is 10.1. The summed E-state index contributed by atoms with van der Waals surface area (Å²) in [4.78, 5) is 8.46. The van der Waals surface area contributed by atoms with Gasteiger partial charge >= 0.3 is 0 Å². The third kappa shape index (κ3) is 2.57. The van der Waals surface area contributed by atoms with Crippen LogP contribution in [-0.2, 0) is 0 Å². The summed E-state index contributed by atoms with van der Waals surface area (Å²) < 4.78 is 6.08. The predicted octanol–water partition coefficient (Wildman–Crippen LogP) is 5.00. The Morgan fingerprint density at radius 2 is 1.62 bits per heavy atom. The molecule has 0 saturated heterocycles. The summed E-state index contributed by atoms with van der Waals surface area (Å²) in [7, 11) is 0. The molecule has 0 unspecified atom stereocenters. The van der Waals surface area contributed by atoms with Gasteiger partial charge < -0.3 is 4.74 Å². The molecular weight excluding hydrogens is 284 g/mol. The SMILES string of the molecule is Cc1ccc(C)c(Oc2nc(Cl)nc3ccccc23)c1C. The molecule has 106 valence electrons. The van der Waals surface area contributed by atoms with Crippen LogP contribution in [0.1, 0.15) is 16.7 Å². The number of rotatable bonds is 2. The largest absolute Gasteiger partial charge is 0.438 e. The molecule has 0 fully saturated rings. The van der Waals surface area contributed by atoms with Crippen LogP contribution in [0.3, 0.4) is 0 Å². The fourth-order valence-electron chi connectivity index (χ4n) is 2.28. The fourth-order valence-corrected chi connectivity index (χ4v) is 2.45. The summed E-state index contributed by atoms with van der Waals surface area (Å²) >= 11 is 6.00. The number of halogens is 1. The van der Waals surface area contributed by atoms with Gasteiger partial charge in [0.25, 0.3) is 0 Å². The third-order valence-electron chi connectivity index (χ3n) is 3.61. The summed E-state index contributed by atoms with van der Waals surface area (Å²) in [5.74, 6) is 1.32. The molecule has 0 saturated carbocycles. The van der Waals surface area contributed by atoms with E-state index in [-0.39, 0.29) is 5.28 Å². The normalized spacial score (nSPS) is 10.9. The smallest absolute Gasteiger partial charge is 0.231 e. The van der Waals surface area contributed by atoms with E-state index < -0.39 is 0 Å². The average molecular weight is 299 g/mol. The first-order valence-electron chi connectivity index (χ1n) is 6.73. The van der Waals surface area contributed by atoms with Crippen molar-refractivity contribution in [3.8, 4) is 11.6 Å². The second-order valence-corrected chi connectivity index (χ2v) is 5.41. The van der Waals surface area contributed by atoms with Gasteiger partial charge in [-0.15, -0.1) is 0 Å². The highest BCUT2D eigenvalue weighted by molar-refractivity contribution is 6.28. The minimum atomic E-state index is 0.187. The Kier molecular flexibility index (Phi) is 3.52. The molecule has 0 aliphatic rings. The summed E-state index contributed by atoms with van der Waals surface area (Å²) in [6.45, 7) is 6.13. The van der Waals surface area contributed by atoms with Crippen LogP contribution in [0.4, 0.5) is 0 Å². The molecular formula is C17H15ClN2O. The van der Waals surface area contributed by atoms with E-state index in [2.05, 4.69) is 23.0 Å². The number of aryl methyl sites for hydroxylation is 2. The van der Waals surface area contributed by atoms with E-state index in [0.717, 1.165) is 27.8 Å². The maximum atomic E-state index is 6.08. The van der Waals surface area contributed by atoms with Crippen LogP contribution in [0.25, 0.3) is 10.9 Å². The van der Waals surface area contributed by atoms with Crippen LogP contribution < -0.4 is 4.74 Å². The second-order valence-electron chi connectivity index (χ2n) is 5.07. The number of para-hydroxylation sites is 1. The van der Waals surface area contributed by atoms with Gasteiger partial charge in [0.15, 0.2) is 0 Å². The van der Waals surface area contributed by atoms with Crippen LogP contribution >= 0.6 is 11.6 Å². The first-order valence-corrected chi connectivity index (χ1v) is 7.11. The maximum Gasteiger partial charge on any atom is 0.231 e. The minimum absolute atomic E-state index is 0.187. The quantitative estimate of drug-likeness (QED) is 0.624. The standard InChI is InChI=1S/C17H15ClN2O/c1-10-8-9-11(2)15(12(10)3)21-16-13-6-4-5-7-14(13)19-17(18)20-16/h4-9H,1-3H3. The molecule has 3 aromatic rings. The highest BCUT2D eigenvalue weighted by Gasteiger charge is 2.12. The third-order valence-corrected chi connectivity index (χ3v) is 3.78. The lowest BCUT2D eigenvalue weighted by Crippen LogP contribution is -1.97. The Hall–Kier alpha value is -2.13. The molecule has 0 aliphatic heterocycles. The zero-order valence-electron chi connectivity index (χ0n) is 12.1. The molecule has 0 radical (unpaired) electrons. The van der Waals surface area contributed by atoms with Gasteiger partial charge in [-0.1, -0.05) is 24.3 Å². The number of nitrogens with zero attached hydrogens (tertiary/aromatic N) is 2. The number of hydrogen-bond donors (Lipinski definition) is 0. The van der Waals surface area contributed by atoms with Gasteiger partial charge in [-0.2, -0.15) is 4.98 Å². The van der Waals surface area contributed by atoms with Crippen molar-refractivity contribution in [2.45, 2.75) is 20.8 Å². The molecule has 0 amide bonds. The Labute approximate surface area is 128 Å². The molecule has 0 aliphatic carbocycles. The summed E-state index contributed by atoms with van der Waals surface area (Å²) in [6.07, 6.45) is 0. The maximum absolute atomic E-state index is 6.08. The number of aromatic nitrogens is 2. The number of fused-ring (bicyclic) bond motifs is 1. The number of hydrogen-bond acceptors (Lipinski definition) is 3. The van der Waals surface area contributed by atoms with Crippen LogP contribution in [0.15, 0.2) is 36.4 Å². The minimum Gasteiger partial charge on any atom is -0.438 e. The number of ether oxygens (including phenoxy) is 1. The van der Waals surface area contributed by atoms with Gasteiger partial charge in [-0.25, -0.2) is 4.98 Å². The van der Waals surface area contributed by atoms with Crippen LogP contribution in [0.2, 0.25) is 5.28 Å². The summed E-state index contributed by atoms with van der Waals surface area (Å²) in [5.41, 5.74) is 4.13. The topological polar surface area (TPSA) is 35.0 Å². The van der Waals surface area contributed by atoms with Gasteiger partial charge in [-0.3, -0.25) is 0 Å². The molecule has 3 nitrogen and oxygen atoms in total. The lowest BCUT2D eigenvalue weighted by molar-refractivity contribution is 0.460. The van der Waals surface area contributed by atoms with Gasteiger partial charge in [0, 0.05) is 0 Å². The molecule has 21 heavy (non-hydrogen) atoms. The van der Waals surface area contributed by atoms with Gasteiger partial charge in [-0.05, 0) is 61.2 Å². The van der Waals surface area contributed by atoms with Crippen molar-refractivity contribution in [2.75, 3.05) is 0 Å². The molecule has 0 spiro atoms. The molecule has 0 bridgehead atoms. The van der Waals surface area contributed by atoms with Crippen molar-refractivity contribution < 1.29 is 4.74 Å². The highest BCUT2D eigenvalue weighted by Crippen LogP contribution is 2.33. The van der Waals surface area contributed by atoms with E-state index in [4.69, 9.17) is 16.3 Å². The van der Waals surface area contributed by atoms with E-state index in [1.54, 1.807) is 0 Å². The van der Waals surface area contributed by atoms with Crippen molar-refractivity contribution in [1.29, 1.82) is 0 Å². The van der Waals surface area contributed by atoms with Crippen LogP contribution in [0.5, 0.6) is 11.6 Å². The van der Waals surface area contributed by atoms with E-state index in [0.29, 0.717) is 5.88 Å². The Balaban J connectivity index is 2.17. The van der Waals surface area contributed by atoms with Gasteiger partial charge in [0.1, 0.15) is 5.75 Å². The van der Waals surface area contributed by atoms with E-state index in [1.165, 1.54) is 5.56 Å². The number of benzene rings is 2. The summed E-state index contributed by atoms with van der Waals surface area (Å²) in [5, 5.41) is 1.04. The predicted molar refractivity (Wildman–Crippen MR) is 85.3 cm³/mol. The highest BCUT2D eigenvalue weighted by atomic mass is 35.5. The van der Waals surface area contributed by atoms with E-state index >= 15 is 0 Å². The zero-order chi connectivity index (χ0) is 15.0. The zero-order valence-corrected chi connectivity index (χ0v) is 12.9.